The molecule has 1 aliphatic heterocycles. The van der Waals surface area contributed by atoms with E-state index in [0.717, 1.165) is 0 Å². The average Bonchev–Trinajstić information content (AvgIpc) is 2.85. The van der Waals surface area contributed by atoms with Crippen molar-refractivity contribution in [2.75, 3.05) is 5.32 Å². The monoisotopic (exact) mass is 249 g/mol. The number of nitrogens with zero attached hydrogens (tertiary/aromatic N) is 3. The highest BCUT2D eigenvalue weighted by Crippen LogP contribution is 2.14. The third kappa shape index (κ3) is 2.76. The number of rotatable bonds is 2. The predicted molar refractivity (Wildman–Crippen MR) is 74.0 cm³/mol. The van der Waals surface area contributed by atoms with Gasteiger partial charge in [0.2, 0.25) is 6.21 Å². The molecule has 0 saturated heterocycles. The van der Waals surface area contributed by atoms with Crippen LogP contribution in [-0.2, 0) is 4.79 Å². The Bertz CT molecular complexity index is 705. The third-order valence-electron chi connectivity index (χ3n) is 2.38. The van der Waals surface area contributed by atoms with Gasteiger partial charge in [0.15, 0.2) is 0 Å². The minimum Gasteiger partial charge on any atom is -0.318 e. The molecule has 2 rings (SSSR count). The summed E-state index contributed by atoms with van der Waals surface area (Å²) in [5.41, 5.74) is 1.59. The van der Waals surface area contributed by atoms with E-state index in [1.54, 1.807) is 25.1 Å². The minimum absolute atomic E-state index is 0.224. The Morgan fingerprint density at radius 1 is 1.42 bits per heavy atom. The van der Waals surface area contributed by atoms with Crippen LogP contribution in [0, 0.1) is 23.7 Å². The number of benzene rings is 1. The van der Waals surface area contributed by atoms with E-state index in [1.807, 2.05) is 6.07 Å². The zero-order valence-electron chi connectivity index (χ0n) is 10.1. The number of aliphatic imine (C=N–C) groups is 1. The maximum absolute atomic E-state index is 11.9. The summed E-state index contributed by atoms with van der Waals surface area (Å²) in [6.45, 7) is 1.70. The first kappa shape index (κ1) is 12.3. The molecule has 1 N–H and O–H groups in total. The lowest BCUT2D eigenvalue weighted by atomic mass is 10.1. The lowest BCUT2D eigenvalue weighted by Gasteiger charge is -2.03. The van der Waals surface area contributed by atoms with E-state index in [2.05, 4.69) is 20.9 Å². The maximum atomic E-state index is 11.9. The van der Waals surface area contributed by atoms with Crippen molar-refractivity contribution in [3.05, 3.63) is 29.3 Å². The van der Waals surface area contributed by atoms with E-state index in [9.17, 15) is 4.79 Å². The quantitative estimate of drug-likeness (QED) is 0.611. The summed E-state index contributed by atoms with van der Waals surface area (Å²) in [5, 5.41) is 11.5. The second-order valence-electron chi connectivity index (χ2n) is 3.81. The fourth-order valence-corrected chi connectivity index (χ4v) is 1.54. The molecule has 0 saturated carbocycles. The molecule has 0 fully saturated rings. The standard InChI is InChI=1S/C14H8N4O/c1-3-10-4-11(7-15)6-12(5-10)18-14(19)13-8-16-9(2)17-13/h1,4-6,8H,2H3/p+1. The molecule has 0 atom stereocenters. The van der Waals surface area contributed by atoms with Gasteiger partial charge in [-0.05, 0) is 23.2 Å². The van der Waals surface area contributed by atoms with Crippen molar-refractivity contribution < 1.29 is 4.79 Å². The molecule has 1 aromatic carbocycles. The van der Waals surface area contributed by atoms with Gasteiger partial charge in [-0.25, -0.2) is 4.67 Å². The van der Waals surface area contributed by atoms with E-state index < -0.39 is 5.91 Å². The van der Waals surface area contributed by atoms with Crippen molar-refractivity contribution in [1.82, 2.24) is 4.67 Å². The highest BCUT2D eigenvalue weighted by atomic mass is 16.1. The molecule has 0 aliphatic carbocycles. The van der Waals surface area contributed by atoms with Gasteiger partial charge in [-0.3, -0.25) is 4.79 Å². The summed E-state index contributed by atoms with van der Waals surface area (Å²) in [4.78, 5) is 15.8. The van der Waals surface area contributed by atoms with Gasteiger partial charge < -0.3 is 5.32 Å². The van der Waals surface area contributed by atoms with E-state index >= 15 is 0 Å². The molecule has 90 valence electrons. The molecule has 0 unspecified atom stereocenters. The van der Waals surface area contributed by atoms with Crippen molar-refractivity contribution in [2.24, 2.45) is 4.99 Å². The van der Waals surface area contributed by atoms with Crippen molar-refractivity contribution in [3.63, 3.8) is 0 Å². The number of amides is 1. The first-order valence-corrected chi connectivity index (χ1v) is 5.42. The lowest BCUT2D eigenvalue weighted by Crippen LogP contribution is -2.23. The number of amidine groups is 1. The van der Waals surface area contributed by atoms with E-state index in [0.29, 0.717) is 22.6 Å². The molecule has 1 amide bonds. The first-order chi connectivity index (χ1) is 9.12. The Hall–Kier alpha value is -3.14. The molecule has 0 aromatic heterocycles. The number of terminal acetylenes is 1. The van der Waals surface area contributed by atoms with Crippen LogP contribution in [0.25, 0.3) is 0 Å². The van der Waals surface area contributed by atoms with Crippen molar-refractivity contribution >= 4 is 29.4 Å². The fraction of sp³-hybridized carbons (Fsp3) is 0.0714. The van der Waals surface area contributed by atoms with Gasteiger partial charge in [0.05, 0.1) is 18.6 Å². The molecular formula is C14H9N4O+. The van der Waals surface area contributed by atoms with Crippen LogP contribution in [0.5, 0.6) is 0 Å². The molecule has 1 aromatic rings. The molecule has 0 bridgehead atoms. The van der Waals surface area contributed by atoms with Crippen LogP contribution >= 0.6 is 0 Å². The average molecular weight is 249 g/mol. The zero-order valence-corrected chi connectivity index (χ0v) is 10.1. The van der Waals surface area contributed by atoms with Crippen molar-refractivity contribution in [2.45, 2.75) is 6.92 Å². The number of carbonyl (C=O) groups is 1. The number of anilines is 1. The number of hydrogen-bond donors (Lipinski definition) is 1. The van der Waals surface area contributed by atoms with Crippen LogP contribution in [0.15, 0.2) is 23.2 Å². The molecule has 5 nitrogen and oxygen atoms in total. The number of nitriles is 1. The first-order valence-electron chi connectivity index (χ1n) is 5.42. The number of nitrogens with one attached hydrogen (secondary N) is 1. The highest BCUT2D eigenvalue weighted by molar-refractivity contribution is 6.64. The summed E-state index contributed by atoms with van der Waals surface area (Å²) in [5.74, 6) is 2.57. The topological polar surface area (TPSA) is 79.3 Å². The molecule has 0 radical (unpaired) electrons. The minimum atomic E-state index is -0.390. The Morgan fingerprint density at radius 2 is 2.16 bits per heavy atom. The molecule has 19 heavy (non-hydrogen) atoms. The fourth-order valence-electron chi connectivity index (χ4n) is 1.54. The van der Waals surface area contributed by atoms with Crippen molar-refractivity contribution in [3.8, 4) is 18.4 Å². The van der Waals surface area contributed by atoms with Gasteiger partial charge in [-0.1, -0.05) is 5.92 Å². The van der Waals surface area contributed by atoms with Gasteiger partial charge in [-0.15, -0.1) is 6.42 Å². The Morgan fingerprint density at radius 3 is 2.74 bits per heavy atom. The summed E-state index contributed by atoms with van der Waals surface area (Å²) in [7, 11) is 0. The highest BCUT2D eigenvalue weighted by Gasteiger charge is 2.23. The predicted octanol–water partition coefficient (Wildman–Crippen LogP) is 0.489. The summed E-state index contributed by atoms with van der Waals surface area (Å²) >= 11 is 0. The number of hydrogen-bond acceptors (Lipinski definition) is 3. The van der Waals surface area contributed by atoms with Crippen LogP contribution in [-0.4, -0.2) is 23.7 Å². The maximum Gasteiger partial charge on any atom is 0.387 e. The molecule has 0 spiro atoms. The van der Waals surface area contributed by atoms with E-state index in [4.69, 9.17) is 11.7 Å². The van der Waals surface area contributed by atoms with E-state index in [1.165, 1.54) is 6.21 Å². The van der Waals surface area contributed by atoms with Gasteiger partial charge in [0.25, 0.3) is 5.71 Å². The summed E-state index contributed by atoms with van der Waals surface area (Å²) in [6, 6.07) is 6.71. The van der Waals surface area contributed by atoms with Crippen LogP contribution in [0.3, 0.4) is 0 Å². The molecular weight excluding hydrogens is 240 g/mol. The Balaban J connectivity index is 2.23. The van der Waals surface area contributed by atoms with Gasteiger partial charge >= 0.3 is 11.7 Å². The van der Waals surface area contributed by atoms with Crippen LogP contribution < -0.4 is 9.98 Å². The zero-order chi connectivity index (χ0) is 13.8. The second kappa shape index (κ2) is 5.01. The van der Waals surface area contributed by atoms with Gasteiger partial charge in [0, 0.05) is 11.3 Å². The van der Waals surface area contributed by atoms with Gasteiger partial charge in [0.1, 0.15) is 0 Å². The number of carbonyl (C=O) groups excluding carboxylic acids is 1. The van der Waals surface area contributed by atoms with E-state index in [-0.39, 0.29) is 5.71 Å². The smallest absolute Gasteiger partial charge is 0.318 e. The van der Waals surface area contributed by atoms with Crippen LogP contribution in [0.2, 0.25) is 0 Å². The Kier molecular flexibility index (Phi) is 3.25. The largest absolute Gasteiger partial charge is 0.387 e. The Labute approximate surface area is 110 Å². The third-order valence-corrected chi connectivity index (χ3v) is 2.38. The molecule has 1 heterocycles. The van der Waals surface area contributed by atoms with Gasteiger partial charge in [-0.2, -0.15) is 5.26 Å². The molecule has 1 aliphatic rings. The second-order valence-corrected chi connectivity index (χ2v) is 3.81. The summed E-state index contributed by atoms with van der Waals surface area (Å²) in [6.07, 6.45) is 6.68. The van der Waals surface area contributed by atoms with Crippen LogP contribution in [0.1, 0.15) is 18.1 Å². The lowest BCUT2D eigenvalue weighted by molar-refractivity contribution is -0.110. The SMILES string of the molecule is C#Cc1cc(C#N)cc(NC(=O)C2=NC(C)=[N+]=C2)c1. The van der Waals surface area contributed by atoms with Crippen molar-refractivity contribution in [1.29, 1.82) is 5.26 Å². The summed E-state index contributed by atoms with van der Waals surface area (Å²) < 4.78 is 3.89. The molecule has 5 heteroatoms. The normalized spacial score (nSPS) is 12.2. The van der Waals surface area contributed by atoms with Crippen LogP contribution in [0.4, 0.5) is 5.69 Å².